The van der Waals surface area contributed by atoms with Crippen molar-refractivity contribution in [1.29, 1.82) is 0 Å². The molecular weight excluding hydrogens is 148 g/mol. The van der Waals surface area contributed by atoms with Gasteiger partial charge in [0, 0.05) is 5.92 Å². The Morgan fingerprint density at radius 1 is 1.64 bits per heavy atom. The van der Waals surface area contributed by atoms with E-state index in [2.05, 4.69) is 0 Å². The van der Waals surface area contributed by atoms with Crippen molar-refractivity contribution in [3.8, 4) is 0 Å². The quantitative estimate of drug-likeness (QED) is 0.474. The van der Waals surface area contributed by atoms with E-state index in [-0.39, 0.29) is 12.5 Å². The first-order chi connectivity index (χ1) is 5.16. The monoisotopic (exact) mass is 162 g/mol. The van der Waals surface area contributed by atoms with Crippen LogP contribution < -0.4 is 0 Å². The molecule has 1 saturated heterocycles. The lowest BCUT2D eigenvalue weighted by Crippen LogP contribution is -2.38. The maximum Gasteiger partial charge on any atom is 0.112 e. The Hall–Kier alpha value is -0.160. The molecule has 0 aromatic heterocycles. The summed E-state index contributed by atoms with van der Waals surface area (Å²) in [6.07, 6.45) is -2.23. The number of aliphatic hydroxyl groups is 3. The van der Waals surface area contributed by atoms with Gasteiger partial charge in [0.2, 0.25) is 0 Å². The van der Waals surface area contributed by atoms with Crippen LogP contribution in [0.4, 0.5) is 0 Å². The molecule has 1 rings (SSSR count). The van der Waals surface area contributed by atoms with Crippen LogP contribution in [0, 0.1) is 5.92 Å². The van der Waals surface area contributed by atoms with E-state index in [4.69, 9.17) is 14.9 Å². The molecule has 1 heterocycles. The normalized spacial score (nSPS) is 40.9. The summed E-state index contributed by atoms with van der Waals surface area (Å²) in [5.41, 5.74) is 0. The van der Waals surface area contributed by atoms with Crippen LogP contribution in [0.2, 0.25) is 0 Å². The molecule has 66 valence electrons. The van der Waals surface area contributed by atoms with E-state index in [1.54, 1.807) is 0 Å². The summed E-state index contributed by atoms with van der Waals surface area (Å²) in [6.45, 7) is 1.92. The predicted molar refractivity (Wildman–Crippen MR) is 38.0 cm³/mol. The molecule has 0 radical (unpaired) electrons. The van der Waals surface area contributed by atoms with Gasteiger partial charge < -0.3 is 20.1 Å². The van der Waals surface area contributed by atoms with Gasteiger partial charge in [-0.3, -0.25) is 0 Å². The van der Waals surface area contributed by atoms with Crippen LogP contribution in [0.25, 0.3) is 0 Å². The molecule has 0 amide bonds. The standard InChI is InChI=1S/C7H14O4/c1-4-3-11-7(6(4)10)5(9)2-8/h4-10H,2-3H2,1H3/t4-,5+,6+,7+/m0/s1. The fraction of sp³-hybridized carbons (Fsp3) is 1.00. The fourth-order valence-electron chi connectivity index (χ4n) is 1.23. The summed E-state index contributed by atoms with van der Waals surface area (Å²) in [6, 6.07) is 0. The molecular formula is C7H14O4. The van der Waals surface area contributed by atoms with Gasteiger partial charge in [-0.05, 0) is 0 Å². The van der Waals surface area contributed by atoms with Crippen LogP contribution in [0.15, 0.2) is 0 Å². The lowest BCUT2D eigenvalue weighted by atomic mass is 10.0. The SMILES string of the molecule is C[C@H]1CO[C@H]([C@H](O)CO)[C@@H]1O. The molecule has 4 atom stereocenters. The second-order valence-corrected chi connectivity index (χ2v) is 3.02. The minimum atomic E-state index is -0.963. The third-order valence-corrected chi connectivity index (χ3v) is 2.04. The number of hydrogen-bond donors (Lipinski definition) is 3. The summed E-state index contributed by atoms with van der Waals surface area (Å²) in [5, 5.41) is 27.0. The van der Waals surface area contributed by atoms with Crippen LogP contribution in [0.3, 0.4) is 0 Å². The summed E-state index contributed by atoms with van der Waals surface area (Å²) >= 11 is 0. The molecule has 1 aliphatic rings. The van der Waals surface area contributed by atoms with E-state index in [0.29, 0.717) is 6.61 Å². The van der Waals surface area contributed by atoms with Crippen molar-refractivity contribution < 1.29 is 20.1 Å². The average molecular weight is 162 g/mol. The van der Waals surface area contributed by atoms with Crippen LogP contribution in [0.5, 0.6) is 0 Å². The molecule has 0 bridgehead atoms. The second-order valence-electron chi connectivity index (χ2n) is 3.02. The van der Waals surface area contributed by atoms with Gasteiger partial charge in [0.1, 0.15) is 12.2 Å². The summed E-state index contributed by atoms with van der Waals surface area (Å²) in [7, 11) is 0. The van der Waals surface area contributed by atoms with Crippen LogP contribution in [-0.2, 0) is 4.74 Å². The molecule has 0 unspecified atom stereocenters. The third kappa shape index (κ3) is 1.70. The van der Waals surface area contributed by atoms with Crippen molar-refractivity contribution in [1.82, 2.24) is 0 Å². The van der Waals surface area contributed by atoms with Gasteiger partial charge in [-0.25, -0.2) is 0 Å². The van der Waals surface area contributed by atoms with E-state index in [1.165, 1.54) is 0 Å². The highest BCUT2D eigenvalue weighted by atomic mass is 16.5. The number of hydrogen-bond acceptors (Lipinski definition) is 4. The lowest BCUT2D eigenvalue weighted by Gasteiger charge is -2.19. The average Bonchev–Trinajstić information content (AvgIpc) is 2.32. The zero-order valence-corrected chi connectivity index (χ0v) is 6.47. The van der Waals surface area contributed by atoms with Gasteiger partial charge in [-0.1, -0.05) is 6.92 Å². The second kappa shape index (κ2) is 3.49. The van der Waals surface area contributed by atoms with Crippen LogP contribution >= 0.6 is 0 Å². The minimum Gasteiger partial charge on any atom is -0.394 e. The van der Waals surface area contributed by atoms with Gasteiger partial charge in [-0.2, -0.15) is 0 Å². The molecule has 1 fully saturated rings. The van der Waals surface area contributed by atoms with Crippen molar-refractivity contribution in [3.05, 3.63) is 0 Å². The molecule has 0 aliphatic carbocycles. The Morgan fingerprint density at radius 3 is 2.64 bits per heavy atom. The van der Waals surface area contributed by atoms with Crippen molar-refractivity contribution in [2.24, 2.45) is 5.92 Å². The smallest absolute Gasteiger partial charge is 0.112 e. The Bertz CT molecular complexity index is 128. The molecule has 4 heteroatoms. The van der Waals surface area contributed by atoms with E-state index in [0.717, 1.165) is 0 Å². The maximum atomic E-state index is 9.36. The molecule has 11 heavy (non-hydrogen) atoms. The van der Waals surface area contributed by atoms with Gasteiger partial charge in [0.05, 0.1) is 19.3 Å². The molecule has 0 aromatic rings. The Kier molecular flexibility index (Phi) is 2.84. The fourth-order valence-corrected chi connectivity index (χ4v) is 1.23. The summed E-state index contributed by atoms with van der Waals surface area (Å²) < 4.78 is 5.07. The number of aliphatic hydroxyl groups excluding tert-OH is 3. The van der Waals surface area contributed by atoms with Crippen molar-refractivity contribution in [3.63, 3.8) is 0 Å². The van der Waals surface area contributed by atoms with Crippen LogP contribution in [-0.4, -0.2) is 46.8 Å². The number of rotatable bonds is 2. The van der Waals surface area contributed by atoms with E-state index in [1.807, 2.05) is 6.92 Å². The predicted octanol–water partition coefficient (Wildman–Crippen LogP) is -1.26. The summed E-state index contributed by atoms with van der Waals surface area (Å²) in [5.74, 6) is 0.0428. The minimum absolute atomic E-state index is 0.0428. The molecule has 0 aromatic carbocycles. The molecule has 0 spiro atoms. The molecule has 3 N–H and O–H groups in total. The van der Waals surface area contributed by atoms with E-state index < -0.39 is 18.3 Å². The highest BCUT2D eigenvalue weighted by Crippen LogP contribution is 2.21. The molecule has 1 aliphatic heterocycles. The first-order valence-electron chi connectivity index (χ1n) is 3.75. The number of ether oxygens (including phenoxy) is 1. The summed E-state index contributed by atoms with van der Waals surface area (Å²) in [4.78, 5) is 0. The third-order valence-electron chi connectivity index (χ3n) is 2.04. The zero-order chi connectivity index (χ0) is 8.43. The maximum absolute atomic E-state index is 9.36. The van der Waals surface area contributed by atoms with Gasteiger partial charge >= 0.3 is 0 Å². The van der Waals surface area contributed by atoms with Crippen molar-refractivity contribution in [2.45, 2.75) is 25.2 Å². The largest absolute Gasteiger partial charge is 0.394 e. The first kappa shape index (κ1) is 8.93. The van der Waals surface area contributed by atoms with Gasteiger partial charge in [0.25, 0.3) is 0 Å². The Labute approximate surface area is 65.4 Å². The first-order valence-corrected chi connectivity index (χ1v) is 3.75. The molecule has 4 nitrogen and oxygen atoms in total. The van der Waals surface area contributed by atoms with Crippen molar-refractivity contribution >= 4 is 0 Å². The zero-order valence-electron chi connectivity index (χ0n) is 6.47. The lowest BCUT2D eigenvalue weighted by molar-refractivity contribution is -0.0656. The highest BCUT2D eigenvalue weighted by molar-refractivity contribution is 4.85. The topological polar surface area (TPSA) is 69.9 Å². The van der Waals surface area contributed by atoms with Crippen LogP contribution in [0.1, 0.15) is 6.92 Å². The van der Waals surface area contributed by atoms with Gasteiger partial charge in [-0.15, -0.1) is 0 Å². The van der Waals surface area contributed by atoms with E-state index >= 15 is 0 Å². The van der Waals surface area contributed by atoms with Gasteiger partial charge in [0.15, 0.2) is 0 Å². The van der Waals surface area contributed by atoms with E-state index in [9.17, 15) is 5.11 Å². The van der Waals surface area contributed by atoms with Crippen molar-refractivity contribution in [2.75, 3.05) is 13.2 Å². The Balaban J connectivity index is 2.47. The molecule has 0 saturated carbocycles. The highest BCUT2D eigenvalue weighted by Gasteiger charge is 2.37. The Morgan fingerprint density at radius 2 is 2.27 bits per heavy atom.